The lowest BCUT2D eigenvalue weighted by Gasteiger charge is -2.38. The van der Waals surface area contributed by atoms with E-state index in [1.807, 2.05) is 0 Å². The van der Waals surface area contributed by atoms with Gasteiger partial charge in [0.25, 0.3) is 0 Å². The zero-order chi connectivity index (χ0) is 23.8. The Balaban J connectivity index is 1.40. The molecule has 34 heavy (non-hydrogen) atoms. The molecule has 4 rings (SSSR count). The molecule has 2 fully saturated rings. The van der Waals surface area contributed by atoms with E-state index in [2.05, 4.69) is 56.3 Å². The second-order valence-electron chi connectivity index (χ2n) is 11.4. The fourth-order valence-corrected chi connectivity index (χ4v) is 6.00. The van der Waals surface area contributed by atoms with Gasteiger partial charge >= 0.3 is 0 Å². The monoisotopic (exact) mass is 462 g/mol. The number of rotatable bonds is 12. The number of hydrogen-bond donors (Lipinski definition) is 1. The highest BCUT2D eigenvalue weighted by atomic mass is 16.5. The third-order valence-corrected chi connectivity index (χ3v) is 8.49. The van der Waals surface area contributed by atoms with E-state index in [9.17, 15) is 5.11 Å². The largest absolute Gasteiger partial charge is 0.396 e. The predicted molar refractivity (Wildman–Crippen MR) is 143 cm³/mol. The van der Waals surface area contributed by atoms with Gasteiger partial charge in [-0.1, -0.05) is 82.0 Å². The lowest BCUT2D eigenvalue weighted by Crippen LogP contribution is -2.40. The van der Waals surface area contributed by atoms with Crippen molar-refractivity contribution in [1.29, 1.82) is 0 Å². The molecule has 2 aliphatic rings. The fourth-order valence-electron chi connectivity index (χ4n) is 6.00. The molecule has 2 nitrogen and oxygen atoms in total. The Bertz CT molecular complexity index is 872. The average molecular weight is 463 g/mol. The smallest absolute Gasteiger partial charge is 0.0542 e. The van der Waals surface area contributed by atoms with Crippen LogP contribution in [0.1, 0.15) is 101 Å². The molecular formula is C32H46O2. The van der Waals surface area contributed by atoms with Gasteiger partial charge in [-0.25, -0.2) is 0 Å². The molecule has 1 N–H and O–H groups in total. The summed E-state index contributed by atoms with van der Waals surface area (Å²) in [6.07, 6.45) is 15.2. The molecule has 0 spiro atoms. The van der Waals surface area contributed by atoms with Crippen molar-refractivity contribution < 1.29 is 9.84 Å². The first kappa shape index (κ1) is 25.5. The summed E-state index contributed by atoms with van der Waals surface area (Å²) >= 11 is 0. The van der Waals surface area contributed by atoms with E-state index in [1.54, 1.807) is 0 Å². The second kappa shape index (κ2) is 12.4. The number of hydrogen-bond acceptors (Lipinski definition) is 2. The molecule has 1 saturated heterocycles. The molecule has 0 bridgehead atoms. The standard InChI is InChI=1S/C32H46O2/c1-3-4-5-7-25-9-11-27(12-10-25)28-13-15-29(16-14-28)30-18-17-26(8-6-21-33)31(22-30)19-20-32(2)23-34-24-32/h13-18,22,25,27,33H,3-12,19-21,23-24H2,1-2H3. The predicted octanol–water partition coefficient (Wildman–Crippen LogP) is 8.10. The van der Waals surface area contributed by atoms with Gasteiger partial charge in [0, 0.05) is 12.0 Å². The van der Waals surface area contributed by atoms with Gasteiger partial charge in [-0.05, 0) is 91.0 Å². The van der Waals surface area contributed by atoms with Gasteiger partial charge < -0.3 is 9.84 Å². The molecule has 0 amide bonds. The van der Waals surface area contributed by atoms with E-state index in [-0.39, 0.29) is 6.61 Å². The Labute approximate surface area is 208 Å². The van der Waals surface area contributed by atoms with Gasteiger partial charge in [-0.15, -0.1) is 0 Å². The molecule has 1 heterocycles. The number of aliphatic hydroxyl groups excluding tert-OH is 1. The molecule has 2 aromatic rings. The maximum Gasteiger partial charge on any atom is 0.0542 e. The number of aryl methyl sites for hydroxylation is 2. The van der Waals surface area contributed by atoms with Gasteiger partial charge in [0.1, 0.15) is 0 Å². The molecule has 2 aromatic carbocycles. The van der Waals surface area contributed by atoms with Gasteiger partial charge in [-0.2, -0.15) is 0 Å². The van der Waals surface area contributed by atoms with Crippen molar-refractivity contribution in [2.75, 3.05) is 19.8 Å². The van der Waals surface area contributed by atoms with Crippen molar-refractivity contribution in [1.82, 2.24) is 0 Å². The first-order chi connectivity index (χ1) is 16.6. The van der Waals surface area contributed by atoms with Crippen molar-refractivity contribution in [3.8, 4) is 11.1 Å². The highest BCUT2D eigenvalue weighted by Gasteiger charge is 2.32. The summed E-state index contributed by atoms with van der Waals surface area (Å²) in [7, 11) is 0. The van der Waals surface area contributed by atoms with Gasteiger partial charge in [-0.3, -0.25) is 0 Å². The highest BCUT2D eigenvalue weighted by Crippen LogP contribution is 2.38. The zero-order valence-electron chi connectivity index (χ0n) is 21.7. The minimum Gasteiger partial charge on any atom is -0.396 e. The van der Waals surface area contributed by atoms with Crippen LogP contribution in [0.3, 0.4) is 0 Å². The lowest BCUT2D eigenvalue weighted by atomic mass is 9.77. The summed E-state index contributed by atoms with van der Waals surface area (Å²) in [5.74, 6) is 1.72. The maximum absolute atomic E-state index is 9.34. The van der Waals surface area contributed by atoms with Gasteiger partial charge in [0.2, 0.25) is 0 Å². The van der Waals surface area contributed by atoms with E-state index < -0.39 is 0 Å². The minimum absolute atomic E-state index is 0.259. The molecule has 0 atom stereocenters. The molecule has 186 valence electrons. The van der Waals surface area contributed by atoms with Crippen LogP contribution in [0, 0.1) is 11.3 Å². The Kier molecular flexibility index (Phi) is 9.25. The Morgan fingerprint density at radius 1 is 0.853 bits per heavy atom. The minimum atomic E-state index is 0.259. The Morgan fingerprint density at radius 2 is 1.59 bits per heavy atom. The van der Waals surface area contributed by atoms with Crippen molar-refractivity contribution in [2.45, 2.75) is 96.8 Å². The SMILES string of the molecule is CCCCCC1CCC(c2ccc(-c3ccc(CCCO)c(CCC4(C)COC4)c3)cc2)CC1. The summed E-state index contributed by atoms with van der Waals surface area (Å²) in [5, 5.41) is 9.34. The third-order valence-electron chi connectivity index (χ3n) is 8.49. The quantitative estimate of drug-likeness (QED) is 0.323. The Morgan fingerprint density at radius 3 is 2.24 bits per heavy atom. The van der Waals surface area contributed by atoms with Crippen LogP contribution in [-0.2, 0) is 17.6 Å². The van der Waals surface area contributed by atoms with Crippen LogP contribution < -0.4 is 0 Å². The van der Waals surface area contributed by atoms with E-state index in [0.717, 1.165) is 44.3 Å². The molecular weight excluding hydrogens is 416 g/mol. The van der Waals surface area contributed by atoms with Crippen LogP contribution >= 0.6 is 0 Å². The number of aliphatic hydroxyl groups is 1. The van der Waals surface area contributed by atoms with Crippen LogP contribution in [0.15, 0.2) is 42.5 Å². The van der Waals surface area contributed by atoms with Crippen LogP contribution in [0.4, 0.5) is 0 Å². The summed E-state index contributed by atoms with van der Waals surface area (Å²) in [5.41, 5.74) is 7.36. The average Bonchev–Trinajstić information content (AvgIpc) is 2.86. The molecule has 0 radical (unpaired) electrons. The van der Waals surface area contributed by atoms with Crippen molar-refractivity contribution in [2.24, 2.45) is 11.3 Å². The van der Waals surface area contributed by atoms with E-state index in [4.69, 9.17) is 4.74 Å². The van der Waals surface area contributed by atoms with E-state index in [1.165, 1.54) is 85.6 Å². The second-order valence-corrected chi connectivity index (χ2v) is 11.4. The van der Waals surface area contributed by atoms with Gasteiger partial charge in [0.05, 0.1) is 13.2 Å². The topological polar surface area (TPSA) is 29.5 Å². The van der Waals surface area contributed by atoms with Crippen LogP contribution in [-0.4, -0.2) is 24.9 Å². The molecule has 0 aromatic heterocycles. The molecule has 1 saturated carbocycles. The molecule has 0 unspecified atom stereocenters. The molecule has 1 aliphatic heterocycles. The maximum atomic E-state index is 9.34. The van der Waals surface area contributed by atoms with Crippen LogP contribution in [0.5, 0.6) is 0 Å². The Hall–Kier alpha value is -1.64. The summed E-state index contributed by atoms with van der Waals surface area (Å²) in [4.78, 5) is 0. The molecule has 2 heteroatoms. The van der Waals surface area contributed by atoms with Crippen molar-refractivity contribution >= 4 is 0 Å². The summed E-state index contributed by atoms with van der Waals surface area (Å²) in [6.45, 7) is 6.68. The summed E-state index contributed by atoms with van der Waals surface area (Å²) in [6, 6.07) is 16.5. The fraction of sp³-hybridized carbons (Fsp3) is 0.625. The lowest BCUT2D eigenvalue weighted by molar-refractivity contribution is -0.105. The van der Waals surface area contributed by atoms with E-state index in [0.29, 0.717) is 5.41 Å². The van der Waals surface area contributed by atoms with E-state index >= 15 is 0 Å². The number of unbranched alkanes of at least 4 members (excludes halogenated alkanes) is 2. The first-order valence-corrected chi connectivity index (χ1v) is 14.0. The van der Waals surface area contributed by atoms with Crippen molar-refractivity contribution in [3.63, 3.8) is 0 Å². The zero-order valence-corrected chi connectivity index (χ0v) is 21.7. The number of benzene rings is 2. The third kappa shape index (κ3) is 6.73. The number of ether oxygens (including phenoxy) is 1. The first-order valence-electron chi connectivity index (χ1n) is 14.0. The normalized spacial score (nSPS) is 21.9. The van der Waals surface area contributed by atoms with Crippen LogP contribution in [0.2, 0.25) is 0 Å². The molecule has 1 aliphatic carbocycles. The summed E-state index contributed by atoms with van der Waals surface area (Å²) < 4.78 is 5.47. The van der Waals surface area contributed by atoms with Gasteiger partial charge in [0.15, 0.2) is 0 Å². The van der Waals surface area contributed by atoms with Crippen LogP contribution in [0.25, 0.3) is 11.1 Å². The van der Waals surface area contributed by atoms with Crippen molar-refractivity contribution in [3.05, 3.63) is 59.2 Å². The highest BCUT2D eigenvalue weighted by molar-refractivity contribution is 5.65.